The van der Waals surface area contributed by atoms with Gasteiger partial charge in [0.2, 0.25) is 11.9 Å². The molecule has 1 aliphatic heterocycles. The second kappa shape index (κ2) is 9.52. The molecule has 0 spiro atoms. The highest BCUT2D eigenvalue weighted by molar-refractivity contribution is 7.99. The summed E-state index contributed by atoms with van der Waals surface area (Å²) >= 11 is 2.58. The van der Waals surface area contributed by atoms with Gasteiger partial charge in [-0.3, -0.25) is 14.2 Å². The number of aryl methyl sites for hydroxylation is 1. The minimum absolute atomic E-state index is 0.139. The van der Waals surface area contributed by atoms with E-state index in [1.807, 2.05) is 23.6 Å². The molecule has 1 aliphatic rings. The molecule has 8 nitrogen and oxygen atoms in total. The van der Waals surface area contributed by atoms with Crippen LogP contribution in [0, 0.1) is 6.92 Å². The van der Waals surface area contributed by atoms with Gasteiger partial charge in [-0.15, -0.1) is 21.5 Å². The number of aromatic nitrogens is 3. The Kier molecular flexibility index (Phi) is 6.57. The lowest BCUT2D eigenvalue weighted by atomic mass is 10.1. The molecule has 3 N–H and O–H groups in total. The third kappa shape index (κ3) is 4.91. The summed E-state index contributed by atoms with van der Waals surface area (Å²) in [7, 11) is 0. The lowest BCUT2D eigenvalue weighted by Gasteiger charge is -2.27. The zero-order chi connectivity index (χ0) is 21.8. The fourth-order valence-electron chi connectivity index (χ4n) is 3.47. The van der Waals surface area contributed by atoms with Gasteiger partial charge in [-0.1, -0.05) is 29.5 Å². The van der Waals surface area contributed by atoms with Gasteiger partial charge in [0.05, 0.1) is 17.0 Å². The lowest BCUT2D eigenvalue weighted by Crippen LogP contribution is -2.31. The molecular formula is C21H24N6O2S2. The summed E-state index contributed by atoms with van der Waals surface area (Å²) in [5.41, 5.74) is 7.81. The first kappa shape index (κ1) is 21.4. The summed E-state index contributed by atoms with van der Waals surface area (Å²) < 4.78 is 2.02. The molecule has 2 aromatic heterocycles. The molecule has 0 bridgehead atoms. The lowest BCUT2D eigenvalue weighted by molar-refractivity contribution is -0.113. The summed E-state index contributed by atoms with van der Waals surface area (Å²) in [6.07, 6.45) is 3.50. The maximum Gasteiger partial charge on any atom is 0.251 e. The van der Waals surface area contributed by atoms with Crippen LogP contribution in [0.15, 0.2) is 40.9 Å². The number of thiophene rings is 1. The Bertz CT molecular complexity index is 1070. The molecule has 162 valence electrons. The Balaban J connectivity index is 1.54. The van der Waals surface area contributed by atoms with Gasteiger partial charge in [0.15, 0.2) is 5.16 Å². The van der Waals surface area contributed by atoms with E-state index in [0.29, 0.717) is 15.7 Å². The first-order valence-electron chi connectivity index (χ1n) is 10.1. The van der Waals surface area contributed by atoms with Crippen LogP contribution < -0.4 is 16.0 Å². The molecule has 0 atom stereocenters. The predicted octanol–water partition coefficient (Wildman–Crippen LogP) is 3.46. The molecule has 0 aliphatic carbocycles. The minimum Gasteiger partial charge on any atom is -0.366 e. The fraction of sp³-hybridized carbons (Fsp3) is 0.333. The molecular weight excluding hydrogens is 432 g/mol. The molecule has 31 heavy (non-hydrogen) atoms. The number of piperidine rings is 1. The van der Waals surface area contributed by atoms with E-state index in [0.717, 1.165) is 37.6 Å². The first-order valence-corrected chi connectivity index (χ1v) is 12.0. The second-order valence-electron chi connectivity index (χ2n) is 7.37. The highest BCUT2D eigenvalue weighted by Gasteiger charge is 2.22. The van der Waals surface area contributed by atoms with Gasteiger partial charge in [-0.2, -0.15) is 0 Å². The van der Waals surface area contributed by atoms with Crippen LogP contribution in [-0.4, -0.2) is 45.4 Å². The van der Waals surface area contributed by atoms with Crippen LogP contribution in [0.3, 0.4) is 0 Å². The summed E-state index contributed by atoms with van der Waals surface area (Å²) in [5.74, 6) is 0.156. The van der Waals surface area contributed by atoms with Crippen molar-refractivity contribution in [2.45, 2.75) is 31.3 Å². The van der Waals surface area contributed by atoms with Crippen LogP contribution >= 0.6 is 23.1 Å². The summed E-state index contributed by atoms with van der Waals surface area (Å²) in [6.45, 7) is 3.94. The Morgan fingerprint density at radius 1 is 1.13 bits per heavy atom. The van der Waals surface area contributed by atoms with Crippen LogP contribution in [0.5, 0.6) is 0 Å². The van der Waals surface area contributed by atoms with Gasteiger partial charge in [0, 0.05) is 13.1 Å². The average molecular weight is 457 g/mol. The number of carbonyl (C=O) groups excluding carboxylic acids is 2. The average Bonchev–Trinajstić information content (AvgIpc) is 3.40. The third-order valence-electron chi connectivity index (χ3n) is 5.06. The van der Waals surface area contributed by atoms with Gasteiger partial charge in [-0.25, -0.2) is 0 Å². The molecule has 3 heterocycles. The van der Waals surface area contributed by atoms with Crippen LogP contribution in [0.25, 0.3) is 5.69 Å². The van der Waals surface area contributed by atoms with Crippen LogP contribution in [0.2, 0.25) is 0 Å². The number of carbonyl (C=O) groups is 2. The Morgan fingerprint density at radius 3 is 2.58 bits per heavy atom. The van der Waals surface area contributed by atoms with Crippen molar-refractivity contribution in [2.24, 2.45) is 5.73 Å². The molecule has 0 radical (unpaired) electrons. The molecule has 1 aromatic carbocycles. The number of nitrogens with zero attached hydrogens (tertiary/aromatic N) is 4. The van der Waals surface area contributed by atoms with Crippen molar-refractivity contribution in [3.8, 4) is 5.69 Å². The minimum atomic E-state index is -0.561. The first-order chi connectivity index (χ1) is 15.0. The van der Waals surface area contributed by atoms with Gasteiger partial charge in [0.25, 0.3) is 5.91 Å². The number of amides is 2. The Labute approximate surface area is 188 Å². The predicted molar refractivity (Wildman–Crippen MR) is 124 cm³/mol. The van der Waals surface area contributed by atoms with Gasteiger partial charge in [0.1, 0.15) is 5.00 Å². The number of hydrogen-bond acceptors (Lipinski definition) is 7. The highest BCUT2D eigenvalue weighted by atomic mass is 32.2. The maximum absolute atomic E-state index is 12.5. The van der Waals surface area contributed by atoms with E-state index in [-0.39, 0.29) is 11.7 Å². The fourth-order valence-corrected chi connectivity index (χ4v) is 5.02. The van der Waals surface area contributed by atoms with Crippen molar-refractivity contribution in [2.75, 3.05) is 29.1 Å². The zero-order valence-electron chi connectivity index (χ0n) is 17.2. The van der Waals surface area contributed by atoms with Crippen molar-refractivity contribution >= 4 is 45.9 Å². The normalized spacial score (nSPS) is 13.9. The molecule has 1 saturated heterocycles. The van der Waals surface area contributed by atoms with Crippen molar-refractivity contribution in [3.63, 3.8) is 0 Å². The van der Waals surface area contributed by atoms with Crippen LogP contribution in [-0.2, 0) is 4.79 Å². The zero-order valence-corrected chi connectivity index (χ0v) is 18.8. The van der Waals surface area contributed by atoms with E-state index < -0.39 is 5.91 Å². The number of primary amides is 1. The van der Waals surface area contributed by atoms with Gasteiger partial charge in [-0.05, 0) is 49.8 Å². The Hall–Kier alpha value is -2.85. The van der Waals surface area contributed by atoms with Gasteiger partial charge < -0.3 is 16.0 Å². The number of thioether (sulfide) groups is 1. The molecule has 3 aromatic rings. The topological polar surface area (TPSA) is 106 Å². The number of rotatable bonds is 7. The summed E-state index contributed by atoms with van der Waals surface area (Å²) in [4.78, 5) is 26.2. The smallest absolute Gasteiger partial charge is 0.251 e. The van der Waals surface area contributed by atoms with Gasteiger partial charge >= 0.3 is 0 Å². The van der Waals surface area contributed by atoms with Crippen molar-refractivity contribution in [1.29, 1.82) is 0 Å². The number of hydrogen-bond donors (Lipinski definition) is 2. The highest BCUT2D eigenvalue weighted by Crippen LogP contribution is 2.29. The van der Waals surface area contributed by atoms with E-state index in [9.17, 15) is 9.59 Å². The standard InChI is InChI=1S/C21H24N6O2S2/c1-14-5-7-15(8-6-14)27-20(26-10-3-2-4-11-26)24-25-21(27)31-13-17(28)23-19-16(18(22)29)9-12-30-19/h5-9,12H,2-4,10-11,13H2,1H3,(H2,22,29)(H,23,28). The van der Waals surface area contributed by atoms with Crippen molar-refractivity contribution in [1.82, 2.24) is 14.8 Å². The molecule has 4 rings (SSSR count). The monoisotopic (exact) mass is 456 g/mol. The van der Waals surface area contributed by atoms with E-state index in [1.54, 1.807) is 11.4 Å². The summed E-state index contributed by atoms with van der Waals surface area (Å²) in [6, 6.07) is 9.80. The number of nitrogens with one attached hydrogen (secondary N) is 1. The van der Waals surface area contributed by atoms with E-state index in [2.05, 4.69) is 32.5 Å². The largest absolute Gasteiger partial charge is 0.366 e. The van der Waals surface area contributed by atoms with Crippen molar-refractivity contribution < 1.29 is 9.59 Å². The molecule has 10 heteroatoms. The third-order valence-corrected chi connectivity index (χ3v) is 6.82. The molecule has 1 fully saturated rings. The second-order valence-corrected chi connectivity index (χ2v) is 9.22. The van der Waals surface area contributed by atoms with E-state index in [4.69, 9.17) is 5.73 Å². The maximum atomic E-state index is 12.5. The van der Waals surface area contributed by atoms with Crippen LogP contribution in [0.1, 0.15) is 35.2 Å². The molecule has 2 amide bonds. The summed E-state index contributed by atoms with van der Waals surface area (Å²) in [5, 5.41) is 14.5. The van der Waals surface area contributed by atoms with Crippen LogP contribution in [0.4, 0.5) is 10.9 Å². The Morgan fingerprint density at radius 2 is 1.87 bits per heavy atom. The molecule has 0 unspecified atom stereocenters. The number of nitrogens with two attached hydrogens (primary N) is 1. The number of anilines is 2. The SMILES string of the molecule is Cc1ccc(-n2c(SCC(=O)Nc3sccc3C(N)=O)nnc2N2CCCCC2)cc1. The van der Waals surface area contributed by atoms with E-state index >= 15 is 0 Å². The van der Waals surface area contributed by atoms with Crippen molar-refractivity contribution in [3.05, 3.63) is 46.8 Å². The van der Waals surface area contributed by atoms with E-state index in [1.165, 1.54) is 35.1 Å². The quantitative estimate of drug-likeness (QED) is 0.528. The molecule has 0 saturated carbocycles. The number of benzene rings is 1.